The van der Waals surface area contributed by atoms with Gasteiger partial charge in [-0.05, 0) is 30.2 Å². The van der Waals surface area contributed by atoms with E-state index in [0.717, 1.165) is 35.8 Å². The van der Waals surface area contributed by atoms with E-state index < -0.39 is 0 Å². The maximum absolute atomic E-state index is 10.0. The Balaban J connectivity index is 1.89. The summed E-state index contributed by atoms with van der Waals surface area (Å²) >= 11 is 6.03. The van der Waals surface area contributed by atoms with Gasteiger partial charge in [0.25, 0.3) is 0 Å². The molecule has 3 heteroatoms. The van der Waals surface area contributed by atoms with Crippen LogP contribution in [0.2, 0.25) is 5.02 Å². The van der Waals surface area contributed by atoms with Gasteiger partial charge < -0.3 is 10.0 Å². The lowest BCUT2D eigenvalue weighted by Crippen LogP contribution is -2.30. The summed E-state index contributed by atoms with van der Waals surface area (Å²) in [6, 6.07) is 16.0. The maximum atomic E-state index is 10.0. The van der Waals surface area contributed by atoms with Crippen LogP contribution in [0.15, 0.2) is 48.5 Å². The van der Waals surface area contributed by atoms with Gasteiger partial charge in [-0.15, -0.1) is 0 Å². The number of anilines is 1. The van der Waals surface area contributed by atoms with Crippen LogP contribution in [0.1, 0.15) is 23.7 Å². The van der Waals surface area contributed by atoms with Crippen molar-refractivity contribution in [1.29, 1.82) is 0 Å². The molecule has 19 heavy (non-hydrogen) atoms. The number of hydrogen-bond acceptors (Lipinski definition) is 2. The molecule has 0 bridgehead atoms. The molecule has 3 rings (SSSR count). The highest BCUT2D eigenvalue weighted by Gasteiger charge is 2.22. The first-order valence-corrected chi connectivity index (χ1v) is 6.88. The minimum absolute atomic E-state index is 0.341. The molecular formula is C16H16ClNO. The molecule has 0 fully saturated rings. The standard InChI is InChI=1S/C16H16ClNO/c17-13-5-3-4-12(10-13)11-18-9-8-16(19)14-6-1-2-7-15(14)18/h1-7,10,16,19H,8-9,11H2. The van der Waals surface area contributed by atoms with Crippen LogP contribution < -0.4 is 4.90 Å². The van der Waals surface area contributed by atoms with Crippen molar-refractivity contribution in [3.8, 4) is 0 Å². The predicted octanol–water partition coefficient (Wildman–Crippen LogP) is 3.78. The van der Waals surface area contributed by atoms with Crippen molar-refractivity contribution in [3.05, 3.63) is 64.7 Å². The van der Waals surface area contributed by atoms with Gasteiger partial charge in [-0.25, -0.2) is 0 Å². The van der Waals surface area contributed by atoms with Crippen LogP contribution in [-0.4, -0.2) is 11.7 Å². The summed E-state index contributed by atoms with van der Waals surface area (Å²) in [4.78, 5) is 2.30. The number of nitrogens with zero attached hydrogens (tertiary/aromatic N) is 1. The van der Waals surface area contributed by atoms with Gasteiger partial charge in [-0.1, -0.05) is 41.9 Å². The Labute approximate surface area is 118 Å². The van der Waals surface area contributed by atoms with Gasteiger partial charge in [-0.2, -0.15) is 0 Å². The largest absolute Gasteiger partial charge is 0.388 e. The van der Waals surface area contributed by atoms with E-state index in [0.29, 0.717) is 0 Å². The lowest BCUT2D eigenvalue weighted by molar-refractivity contribution is 0.164. The predicted molar refractivity (Wildman–Crippen MR) is 78.5 cm³/mol. The van der Waals surface area contributed by atoms with Crippen LogP contribution in [0.5, 0.6) is 0 Å². The molecule has 0 saturated carbocycles. The van der Waals surface area contributed by atoms with Crippen molar-refractivity contribution in [2.24, 2.45) is 0 Å². The Hall–Kier alpha value is -1.51. The summed E-state index contributed by atoms with van der Waals surface area (Å²) < 4.78 is 0. The molecule has 0 amide bonds. The highest BCUT2D eigenvalue weighted by Crippen LogP contribution is 2.34. The molecule has 1 atom stereocenters. The Bertz CT molecular complexity index is 584. The van der Waals surface area contributed by atoms with Gasteiger partial charge >= 0.3 is 0 Å². The van der Waals surface area contributed by atoms with E-state index in [4.69, 9.17) is 11.6 Å². The van der Waals surface area contributed by atoms with Gasteiger partial charge in [0.1, 0.15) is 0 Å². The summed E-state index contributed by atoms with van der Waals surface area (Å²) in [5.74, 6) is 0. The molecule has 2 aromatic rings. The molecule has 2 nitrogen and oxygen atoms in total. The van der Waals surface area contributed by atoms with Crippen LogP contribution in [0.4, 0.5) is 5.69 Å². The highest BCUT2D eigenvalue weighted by molar-refractivity contribution is 6.30. The molecular weight excluding hydrogens is 258 g/mol. The van der Waals surface area contributed by atoms with Crippen LogP contribution in [-0.2, 0) is 6.54 Å². The Morgan fingerprint density at radius 1 is 1.16 bits per heavy atom. The number of para-hydroxylation sites is 1. The van der Waals surface area contributed by atoms with E-state index >= 15 is 0 Å². The third kappa shape index (κ3) is 2.60. The van der Waals surface area contributed by atoms with E-state index in [1.165, 1.54) is 5.56 Å². The quantitative estimate of drug-likeness (QED) is 0.900. The Kier molecular flexibility index (Phi) is 3.45. The van der Waals surface area contributed by atoms with E-state index in [1.54, 1.807) is 0 Å². The first-order chi connectivity index (χ1) is 9.24. The molecule has 1 heterocycles. The summed E-state index contributed by atoms with van der Waals surface area (Å²) in [6.07, 6.45) is 0.434. The molecule has 1 aliphatic heterocycles. The van der Waals surface area contributed by atoms with E-state index in [1.807, 2.05) is 36.4 Å². The number of fused-ring (bicyclic) bond motifs is 1. The maximum Gasteiger partial charge on any atom is 0.0826 e. The average Bonchev–Trinajstić information content (AvgIpc) is 2.42. The molecule has 1 N–H and O–H groups in total. The van der Waals surface area contributed by atoms with E-state index in [2.05, 4.69) is 17.0 Å². The molecule has 0 aliphatic carbocycles. The fourth-order valence-corrected chi connectivity index (χ4v) is 2.84. The van der Waals surface area contributed by atoms with Crippen LogP contribution in [0.25, 0.3) is 0 Å². The minimum atomic E-state index is -0.341. The number of aliphatic hydroxyl groups excluding tert-OH is 1. The topological polar surface area (TPSA) is 23.5 Å². The van der Waals surface area contributed by atoms with Crippen molar-refractivity contribution in [3.63, 3.8) is 0 Å². The average molecular weight is 274 g/mol. The molecule has 1 aliphatic rings. The van der Waals surface area contributed by atoms with Gasteiger partial charge in [-0.3, -0.25) is 0 Å². The monoisotopic (exact) mass is 273 g/mol. The minimum Gasteiger partial charge on any atom is -0.388 e. The zero-order valence-corrected chi connectivity index (χ0v) is 11.3. The number of rotatable bonds is 2. The van der Waals surface area contributed by atoms with Gasteiger partial charge in [0.15, 0.2) is 0 Å². The van der Waals surface area contributed by atoms with Crippen molar-refractivity contribution in [2.75, 3.05) is 11.4 Å². The van der Waals surface area contributed by atoms with E-state index in [9.17, 15) is 5.11 Å². The van der Waals surface area contributed by atoms with Gasteiger partial charge in [0, 0.05) is 29.4 Å². The van der Waals surface area contributed by atoms with Crippen molar-refractivity contribution < 1.29 is 5.11 Å². The number of hydrogen-bond donors (Lipinski definition) is 1. The number of halogens is 1. The Morgan fingerprint density at radius 2 is 2.00 bits per heavy atom. The molecule has 2 aromatic carbocycles. The SMILES string of the molecule is OC1CCN(Cc2cccc(Cl)c2)c2ccccc21. The smallest absolute Gasteiger partial charge is 0.0826 e. The summed E-state index contributed by atoms with van der Waals surface area (Å²) in [6.45, 7) is 1.69. The molecule has 0 saturated heterocycles. The van der Waals surface area contributed by atoms with Gasteiger partial charge in [0.05, 0.1) is 6.10 Å². The molecule has 0 spiro atoms. The lowest BCUT2D eigenvalue weighted by Gasteiger charge is -2.33. The first-order valence-electron chi connectivity index (χ1n) is 6.50. The highest BCUT2D eigenvalue weighted by atomic mass is 35.5. The summed E-state index contributed by atoms with van der Waals surface area (Å²) in [7, 11) is 0. The van der Waals surface area contributed by atoms with Crippen LogP contribution >= 0.6 is 11.6 Å². The van der Waals surface area contributed by atoms with Crippen molar-refractivity contribution in [1.82, 2.24) is 0 Å². The third-order valence-corrected chi connectivity index (χ3v) is 3.81. The van der Waals surface area contributed by atoms with Crippen LogP contribution in [0.3, 0.4) is 0 Å². The Morgan fingerprint density at radius 3 is 2.84 bits per heavy atom. The number of benzene rings is 2. The molecule has 0 radical (unpaired) electrons. The fourth-order valence-electron chi connectivity index (χ4n) is 2.63. The summed E-state index contributed by atoms with van der Waals surface area (Å²) in [5.41, 5.74) is 3.34. The van der Waals surface area contributed by atoms with Crippen molar-refractivity contribution in [2.45, 2.75) is 19.1 Å². The third-order valence-electron chi connectivity index (χ3n) is 3.57. The first kappa shape index (κ1) is 12.5. The second-order valence-corrected chi connectivity index (χ2v) is 5.35. The zero-order valence-electron chi connectivity index (χ0n) is 10.6. The number of aliphatic hydroxyl groups is 1. The molecule has 98 valence electrons. The van der Waals surface area contributed by atoms with E-state index in [-0.39, 0.29) is 6.10 Å². The zero-order chi connectivity index (χ0) is 13.2. The lowest BCUT2D eigenvalue weighted by atomic mass is 9.98. The second kappa shape index (κ2) is 5.24. The summed E-state index contributed by atoms with van der Waals surface area (Å²) in [5, 5.41) is 10.8. The van der Waals surface area contributed by atoms with Gasteiger partial charge in [0.2, 0.25) is 0 Å². The normalized spacial score (nSPS) is 18.2. The molecule has 1 unspecified atom stereocenters. The molecule has 0 aromatic heterocycles. The van der Waals surface area contributed by atoms with Crippen molar-refractivity contribution >= 4 is 17.3 Å². The fraction of sp³-hybridized carbons (Fsp3) is 0.250. The van der Waals surface area contributed by atoms with Crippen LogP contribution in [0, 0.1) is 0 Å². The second-order valence-electron chi connectivity index (χ2n) is 4.91.